The SMILES string of the molecule is CCOC=Cc1c(-c2ccc(C(=O)OC)cc2)nc2c(-c3ccc(-c4ccccc4)nc3)cnn2c1N(COCC[Si](C)(C)C)COCC[Si](C)(C)C. The van der Waals surface area contributed by atoms with E-state index in [1.54, 1.807) is 18.4 Å². The van der Waals surface area contributed by atoms with Gasteiger partial charge in [0, 0.05) is 63.4 Å². The zero-order valence-corrected chi connectivity index (χ0v) is 34.4. The van der Waals surface area contributed by atoms with Crippen molar-refractivity contribution in [3.63, 3.8) is 0 Å². The Morgan fingerprint density at radius 2 is 1.45 bits per heavy atom. The highest BCUT2D eigenvalue weighted by molar-refractivity contribution is 6.76. The molecule has 0 aliphatic heterocycles. The molecule has 2 aromatic carbocycles. The predicted octanol–water partition coefficient (Wildman–Crippen LogP) is 9.35. The molecule has 3 aromatic heterocycles. The van der Waals surface area contributed by atoms with Gasteiger partial charge in [0.2, 0.25) is 0 Å². The van der Waals surface area contributed by atoms with E-state index in [1.165, 1.54) is 7.11 Å². The Kier molecular flexibility index (Phi) is 13.4. The molecule has 3 heterocycles. The number of fused-ring (bicyclic) bond motifs is 1. The Bertz CT molecular complexity index is 1950. The number of carbonyl (C=O) groups excluding carboxylic acids is 1. The van der Waals surface area contributed by atoms with Gasteiger partial charge < -0.3 is 23.8 Å². The third-order valence-electron chi connectivity index (χ3n) is 8.67. The van der Waals surface area contributed by atoms with Crippen molar-refractivity contribution in [2.24, 2.45) is 0 Å². The number of rotatable bonds is 18. The van der Waals surface area contributed by atoms with Crippen LogP contribution in [0.15, 0.2) is 85.4 Å². The second-order valence-electron chi connectivity index (χ2n) is 15.4. The zero-order chi connectivity index (χ0) is 38.0. The molecule has 53 heavy (non-hydrogen) atoms. The maximum Gasteiger partial charge on any atom is 0.337 e. The lowest BCUT2D eigenvalue weighted by molar-refractivity contribution is 0.0600. The summed E-state index contributed by atoms with van der Waals surface area (Å²) in [5.41, 5.74) is 6.99. The van der Waals surface area contributed by atoms with Gasteiger partial charge in [0.05, 0.1) is 43.1 Å². The van der Waals surface area contributed by atoms with Crippen LogP contribution in [0.5, 0.6) is 0 Å². The molecule has 0 N–H and O–H groups in total. The highest BCUT2D eigenvalue weighted by Gasteiger charge is 2.25. The van der Waals surface area contributed by atoms with Crippen LogP contribution in [0, 0.1) is 0 Å². The van der Waals surface area contributed by atoms with Gasteiger partial charge >= 0.3 is 5.97 Å². The molecule has 0 aliphatic carbocycles. The van der Waals surface area contributed by atoms with Crippen LogP contribution < -0.4 is 4.90 Å². The van der Waals surface area contributed by atoms with E-state index in [0.717, 1.165) is 51.4 Å². The second kappa shape index (κ2) is 17.9. The first-order chi connectivity index (χ1) is 25.4. The van der Waals surface area contributed by atoms with Gasteiger partial charge in [-0.15, -0.1) is 0 Å². The van der Waals surface area contributed by atoms with Gasteiger partial charge in [-0.25, -0.2) is 9.78 Å². The molecule has 10 nitrogen and oxygen atoms in total. The molecule has 0 fully saturated rings. The Balaban J connectivity index is 1.69. The predicted molar refractivity (Wildman–Crippen MR) is 220 cm³/mol. The first kappa shape index (κ1) is 39.6. The van der Waals surface area contributed by atoms with Gasteiger partial charge in [0.1, 0.15) is 19.3 Å². The number of anilines is 1. The first-order valence-electron chi connectivity index (χ1n) is 18.2. The minimum absolute atomic E-state index is 0.287. The Morgan fingerprint density at radius 1 is 0.811 bits per heavy atom. The summed E-state index contributed by atoms with van der Waals surface area (Å²) in [6, 6.07) is 23.5. The molecular weight excluding hydrogens is 699 g/mol. The van der Waals surface area contributed by atoms with Crippen LogP contribution in [0.2, 0.25) is 51.4 Å². The lowest BCUT2D eigenvalue weighted by atomic mass is 10.0. The number of carbonyl (C=O) groups is 1. The fourth-order valence-corrected chi connectivity index (χ4v) is 7.08. The van der Waals surface area contributed by atoms with Crippen molar-refractivity contribution in [3.05, 3.63) is 96.5 Å². The monoisotopic (exact) mass is 751 g/mol. The fraction of sp³-hybridized carbons (Fsp3) is 0.366. The summed E-state index contributed by atoms with van der Waals surface area (Å²) in [5, 5.41) is 4.95. The topological polar surface area (TPSA) is 100 Å². The van der Waals surface area contributed by atoms with Crippen molar-refractivity contribution in [1.29, 1.82) is 0 Å². The lowest BCUT2D eigenvalue weighted by Gasteiger charge is -2.28. The minimum Gasteiger partial charge on any atom is -0.501 e. The highest BCUT2D eigenvalue weighted by atomic mass is 28.3. The third-order valence-corrected chi connectivity index (χ3v) is 12.1. The number of benzene rings is 2. The van der Waals surface area contributed by atoms with Crippen LogP contribution in [0.3, 0.4) is 0 Å². The molecule has 5 aromatic rings. The summed E-state index contributed by atoms with van der Waals surface area (Å²) in [6.45, 7) is 18.4. The van der Waals surface area contributed by atoms with Crippen LogP contribution in [-0.4, -0.2) is 82.1 Å². The van der Waals surface area contributed by atoms with Crippen molar-refractivity contribution in [3.8, 4) is 33.6 Å². The van der Waals surface area contributed by atoms with Crippen molar-refractivity contribution in [2.75, 3.05) is 45.3 Å². The maximum atomic E-state index is 12.4. The van der Waals surface area contributed by atoms with Crippen LogP contribution in [0.1, 0.15) is 22.8 Å². The number of ether oxygens (including phenoxy) is 4. The van der Waals surface area contributed by atoms with Gasteiger partial charge in [-0.3, -0.25) is 4.98 Å². The Morgan fingerprint density at radius 3 is 2.02 bits per heavy atom. The van der Waals surface area contributed by atoms with Crippen LogP contribution >= 0.6 is 0 Å². The zero-order valence-electron chi connectivity index (χ0n) is 32.4. The minimum atomic E-state index is -1.33. The largest absolute Gasteiger partial charge is 0.501 e. The molecule has 5 rings (SSSR count). The molecule has 0 atom stereocenters. The van der Waals surface area contributed by atoms with E-state index in [2.05, 4.69) is 50.2 Å². The van der Waals surface area contributed by atoms with E-state index < -0.39 is 22.1 Å². The summed E-state index contributed by atoms with van der Waals surface area (Å²) >= 11 is 0. The average molecular weight is 752 g/mol. The lowest BCUT2D eigenvalue weighted by Crippen LogP contribution is -2.34. The first-order valence-corrected chi connectivity index (χ1v) is 25.6. The molecule has 0 radical (unpaired) electrons. The summed E-state index contributed by atoms with van der Waals surface area (Å²) in [6.07, 6.45) is 7.31. The smallest absolute Gasteiger partial charge is 0.337 e. The highest BCUT2D eigenvalue weighted by Crippen LogP contribution is 2.36. The molecule has 0 saturated heterocycles. The number of aromatic nitrogens is 4. The van der Waals surface area contributed by atoms with E-state index >= 15 is 0 Å². The van der Waals surface area contributed by atoms with Gasteiger partial charge in [-0.1, -0.05) is 87.8 Å². The normalized spacial score (nSPS) is 12.1. The molecule has 0 bridgehead atoms. The fourth-order valence-electron chi connectivity index (χ4n) is 5.57. The molecule has 0 spiro atoms. The van der Waals surface area contributed by atoms with E-state index in [1.807, 2.05) is 78.4 Å². The van der Waals surface area contributed by atoms with Gasteiger partial charge in [-0.2, -0.15) is 9.61 Å². The molecule has 0 saturated carbocycles. The summed E-state index contributed by atoms with van der Waals surface area (Å²) < 4.78 is 25.4. The number of hydrogen-bond acceptors (Lipinski definition) is 9. The Hall–Kier alpha value is -4.63. The number of pyridine rings is 1. The van der Waals surface area contributed by atoms with Gasteiger partial charge in [0.15, 0.2) is 5.65 Å². The number of esters is 1. The molecule has 0 aliphatic rings. The summed E-state index contributed by atoms with van der Waals surface area (Å²) in [5.74, 6) is 0.345. The summed E-state index contributed by atoms with van der Waals surface area (Å²) in [7, 11) is -1.28. The van der Waals surface area contributed by atoms with Crippen molar-refractivity contribution in [1.82, 2.24) is 19.6 Å². The van der Waals surface area contributed by atoms with E-state index in [4.69, 9.17) is 34.0 Å². The van der Waals surface area contributed by atoms with E-state index in [-0.39, 0.29) is 13.5 Å². The van der Waals surface area contributed by atoms with Gasteiger partial charge in [0.25, 0.3) is 0 Å². The summed E-state index contributed by atoms with van der Waals surface area (Å²) in [4.78, 5) is 24.6. The van der Waals surface area contributed by atoms with Crippen LogP contribution in [0.4, 0.5) is 5.82 Å². The molecule has 280 valence electrons. The average Bonchev–Trinajstić information content (AvgIpc) is 3.57. The van der Waals surface area contributed by atoms with Crippen molar-refractivity contribution >= 4 is 39.7 Å². The molecule has 0 unspecified atom stereocenters. The van der Waals surface area contributed by atoms with Crippen LogP contribution in [-0.2, 0) is 18.9 Å². The third kappa shape index (κ3) is 10.7. The second-order valence-corrected chi connectivity index (χ2v) is 26.6. The number of methoxy groups -OCH3 is 1. The number of nitrogens with zero attached hydrogens (tertiary/aromatic N) is 5. The van der Waals surface area contributed by atoms with Crippen molar-refractivity contribution < 1.29 is 23.7 Å². The van der Waals surface area contributed by atoms with E-state index in [9.17, 15) is 4.79 Å². The molecular formula is C41H53N5O5Si2. The molecule has 0 amide bonds. The number of hydrogen-bond donors (Lipinski definition) is 0. The molecule has 12 heteroatoms. The van der Waals surface area contributed by atoms with Crippen molar-refractivity contribution in [2.45, 2.75) is 58.3 Å². The Labute approximate surface area is 315 Å². The standard InChI is InChI=1S/C41H53N5O5Si2/c1-9-49-22-21-35-38(32-15-17-33(18-16-32)41(47)48-2)44-39-36(34-19-20-37(42-27-34)31-13-11-10-12-14-31)28-43-46(39)40(35)45(29-50-23-25-52(3,4)5)30-51-24-26-53(6,7)8/h10-22,27-28H,9,23-26,29-30H2,1-8H3. The quantitative estimate of drug-likeness (QED) is 0.0285. The van der Waals surface area contributed by atoms with Gasteiger partial charge in [-0.05, 0) is 43.3 Å². The maximum absolute atomic E-state index is 12.4. The van der Waals surface area contributed by atoms with E-state index in [0.29, 0.717) is 36.7 Å². The van der Waals surface area contributed by atoms with Crippen LogP contribution in [0.25, 0.3) is 45.4 Å².